The fourth-order valence-electron chi connectivity index (χ4n) is 6.74. The van der Waals surface area contributed by atoms with Crippen LogP contribution in [-0.4, -0.2) is 76.1 Å². The predicted molar refractivity (Wildman–Crippen MR) is 178 cm³/mol. The molecule has 7 rings (SSSR count). The van der Waals surface area contributed by atoms with E-state index in [2.05, 4.69) is 44.0 Å². The van der Waals surface area contributed by atoms with Crippen LogP contribution >= 0.6 is 0 Å². The summed E-state index contributed by atoms with van der Waals surface area (Å²) < 4.78 is 14.1. The first-order valence-electron chi connectivity index (χ1n) is 16.4. The van der Waals surface area contributed by atoms with Crippen LogP contribution in [-0.2, 0) is 24.4 Å². The number of carboxylic acids is 1. The van der Waals surface area contributed by atoms with E-state index in [0.717, 1.165) is 72.8 Å². The Balaban J connectivity index is 0.981. The highest BCUT2D eigenvalue weighted by Crippen LogP contribution is 2.36. The number of ether oxygens (including phenoxy) is 2. The third-order valence-electron chi connectivity index (χ3n) is 9.59. The number of aromatic carboxylic acids is 1. The molecule has 1 aliphatic carbocycles. The number of carbonyl (C=O) groups is 1. The van der Waals surface area contributed by atoms with E-state index in [-0.39, 0.29) is 11.7 Å². The van der Waals surface area contributed by atoms with Crippen molar-refractivity contribution in [2.75, 3.05) is 39.1 Å². The lowest BCUT2D eigenvalue weighted by atomic mass is 9.93. The molecule has 0 bridgehead atoms. The lowest BCUT2D eigenvalue weighted by Crippen LogP contribution is -2.35. The van der Waals surface area contributed by atoms with E-state index in [1.54, 1.807) is 12.1 Å². The van der Waals surface area contributed by atoms with Crippen LogP contribution in [0.5, 0.6) is 5.88 Å². The molecule has 3 aliphatic rings. The lowest BCUT2D eigenvalue weighted by Gasteiger charge is -2.32. The number of likely N-dealkylation sites (tertiary alicyclic amines) is 1. The van der Waals surface area contributed by atoms with Crippen LogP contribution in [0.4, 0.5) is 5.69 Å². The van der Waals surface area contributed by atoms with E-state index in [4.69, 9.17) is 19.4 Å². The van der Waals surface area contributed by atoms with Gasteiger partial charge in [-0.2, -0.15) is 0 Å². The van der Waals surface area contributed by atoms with E-state index >= 15 is 0 Å². The van der Waals surface area contributed by atoms with Crippen molar-refractivity contribution < 1.29 is 19.4 Å². The molecule has 4 aromatic rings. The van der Waals surface area contributed by atoms with Gasteiger partial charge in [0, 0.05) is 61.3 Å². The molecule has 2 saturated heterocycles. The Morgan fingerprint density at radius 2 is 1.89 bits per heavy atom. The SMILES string of the molecule is CN=C(c1ccc(COc2cccc(C3CCN(Cc4nc5ccc(C(=O)O)cc5n4CC4CCO4)CC3)n2)cc1NC)C1CC1. The van der Waals surface area contributed by atoms with Crippen molar-refractivity contribution in [3.05, 3.63) is 82.8 Å². The fraction of sp³-hybridized carbons (Fsp3) is 0.444. The van der Waals surface area contributed by atoms with Crippen molar-refractivity contribution in [2.45, 2.75) is 63.8 Å². The van der Waals surface area contributed by atoms with Gasteiger partial charge in [-0.3, -0.25) is 9.89 Å². The second-order valence-electron chi connectivity index (χ2n) is 12.7. The smallest absolute Gasteiger partial charge is 0.335 e. The summed E-state index contributed by atoms with van der Waals surface area (Å²) in [6.45, 7) is 4.51. The highest BCUT2D eigenvalue weighted by atomic mass is 16.5. The normalized spacial score (nSPS) is 19.3. The van der Waals surface area contributed by atoms with Crippen LogP contribution in [0.3, 0.4) is 0 Å². The predicted octanol–water partition coefficient (Wildman–Crippen LogP) is 5.75. The van der Waals surface area contributed by atoms with Gasteiger partial charge in [0.25, 0.3) is 0 Å². The molecule has 0 radical (unpaired) electrons. The first-order chi connectivity index (χ1) is 22.5. The number of hydrogen-bond donors (Lipinski definition) is 2. The van der Waals surface area contributed by atoms with Gasteiger partial charge in [0.05, 0.1) is 35.8 Å². The summed E-state index contributed by atoms with van der Waals surface area (Å²) in [5.74, 6) is 1.63. The zero-order valence-electron chi connectivity index (χ0n) is 26.6. The van der Waals surface area contributed by atoms with Gasteiger partial charge in [-0.05, 0) is 81.1 Å². The summed E-state index contributed by atoms with van der Waals surface area (Å²) in [4.78, 5) is 28.5. The van der Waals surface area contributed by atoms with Gasteiger partial charge in [0.1, 0.15) is 12.4 Å². The Morgan fingerprint density at radius 1 is 1.07 bits per heavy atom. The summed E-state index contributed by atoms with van der Waals surface area (Å²) >= 11 is 0. The molecule has 2 N–H and O–H groups in total. The zero-order valence-corrected chi connectivity index (χ0v) is 26.6. The maximum Gasteiger partial charge on any atom is 0.335 e. The molecule has 1 atom stereocenters. The van der Waals surface area contributed by atoms with Crippen molar-refractivity contribution in [1.82, 2.24) is 19.4 Å². The Kier molecular flexibility index (Phi) is 8.73. The number of hydrogen-bond acceptors (Lipinski definition) is 8. The summed E-state index contributed by atoms with van der Waals surface area (Å²) in [6.07, 6.45) is 5.60. The summed E-state index contributed by atoms with van der Waals surface area (Å²) in [5.41, 5.74) is 7.58. The maximum atomic E-state index is 11.6. The van der Waals surface area contributed by atoms with Crippen LogP contribution in [0, 0.1) is 5.92 Å². The minimum absolute atomic E-state index is 0.149. The zero-order chi connectivity index (χ0) is 31.6. The van der Waals surface area contributed by atoms with Gasteiger partial charge in [0.15, 0.2) is 0 Å². The molecular formula is C36H42N6O4. The monoisotopic (exact) mass is 622 g/mol. The quantitative estimate of drug-likeness (QED) is 0.192. The summed E-state index contributed by atoms with van der Waals surface area (Å²) in [6, 6.07) is 17.7. The van der Waals surface area contributed by atoms with Gasteiger partial charge in [0.2, 0.25) is 5.88 Å². The molecule has 46 heavy (non-hydrogen) atoms. The molecule has 1 unspecified atom stereocenters. The van der Waals surface area contributed by atoms with Crippen LogP contribution < -0.4 is 10.1 Å². The maximum absolute atomic E-state index is 11.6. The molecule has 0 amide bonds. The second-order valence-corrected chi connectivity index (χ2v) is 12.7. The number of carboxylic acid groups (broad SMARTS) is 1. The van der Waals surface area contributed by atoms with Crippen LogP contribution in [0.15, 0.2) is 59.6 Å². The molecule has 10 heteroatoms. The van der Waals surface area contributed by atoms with Crippen molar-refractivity contribution in [1.29, 1.82) is 0 Å². The first-order valence-corrected chi connectivity index (χ1v) is 16.4. The summed E-state index contributed by atoms with van der Waals surface area (Å²) in [7, 11) is 3.84. The minimum atomic E-state index is -0.928. The van der Waals surface area contributed by atoms with Gasteiger partial charge in [-0.25, -0.2) is 14.8 Å². The highest BCUT2D eigenvalue weighted by Gasteiger charge is 2.29. The molecular weight excluding hydrogens is 580 g/mol. The van der Waals surface area contributed by atoms with E-state index in [1.165, 1.54) is 24.1 Å². The molecule has 0 spiro atoms. The number of imidazole rings is 1. The number of aromatic nitrogens is 3. The Bertz CT molecular complexity index is 1750. The van der Waals surface area contributed by atoms with Crippen LogP contribution in [0.1, 0.15) is 71.0 Å². The molecule has 1 saturated carbocycles. The average molecular weight is 623 g/mol. The molecule has 4 heterocycles. The highest BCUT2D eigenvalue weighted by molar-refractivity contribution is 6.07. The molecule has 2 aromatic heterocycles. The van der Waals surface area contributed by atoms with Crippen molar-refractivity contribution >= 4 is 28.4 Å². The number of fused-ring (bicyclic) bond motifs is 1. The Morgan fingerprint density at radius 3 is 2.59 bits per heavy atom. The third-order valence-corrected chi connectivity index (χ3v) is 9.59. The standard InChI is InChI=1S/C36H42N6O4/c1-37-31-18-23(6-10-28(31)35(38-2)25-7-8-25)22-46-34-5-3-4-29(40-34)24-12-15-41(16-13-24)21-33-39-30-11-9-26(36(43)44)19-32(30)42(33)20-27-14-17-45-27/h3-6,9-11,18-19,24-25,27,37H,7-8,12-17,20-22H2,1-2H3,(H,43,44). The molecule has 240 valence electrons. The van der Waals surface area contributed by atoms with Gasteiger partial charge >= 0.3 is 5.97 Å². The van der Waals surface area contributed by atoms with E-state index < -0.39 is 5.97 Å². The largest absolute Gasteiger partial charge is 0.478 e. The second kappa shape index (κ2) is 13.2. The first kappa shape index (κ1) is 30.4. The van der Waals surface area contributed by atoms with Crippen LogP contribution in [0.2, 0.25) is 0 Å². The molecule has 10 nitrogen and oxygen atoms in total. The number of pyridine rings is 1. The topological polar surface area (TPSA) is 114 Å². The number of piperidine rings is 1. The van der Waals surface area contributed by atoms with Gasteiger partial charge < -0.3 is 24.5 Å². The molecule has 2 aromatic carbocycles. The van der Waals surface area contributed by atoms with Crippen molar-refractivity contribution in [3.8, 4) is 5.88 Å². The third kappa shape index (κ3) is 6.50. The Hall–Kier alpha value is -4.28. The van der Waals surface area contributed by atoms with Gasteiger partial charge in [-0.1, -0.05) is 18.2 Å². The number of anilines is 1. The summed E-state index contributed by atoms with van der Waals surface area (Å²) in [5, 5.41) is 12.9. The van der Waals surface area contributed by atoms with Gasteiger partial charge in [-0.15, -0.1) is 0 Å². The minimum Gasteiger partial charge on any atom is -0.478 e. The number of benzene rings is 2. The fourth-order valence-corrected chi connectivity index (χ4v) is 6.74. The number of rotatable bonds is 12. The number of nitrogens with one attached hydrogen (secondary N) is 1. The lowest BCUT2D eigenvalue weighted by molar-refractivity contribution is -0.0592. The van der Waals surface area contributed by atoms with E-state index in [9.17, 15) is 9.90 Å². The average Bonchev–Trinajstić information content (AvgIpc) is 3.84. The van der Waals surface area contributed by atoms with Crippen molar-refractivity contribution in [2.24, 2.45) is 10.9 Å². The van der Waals surface area contributed by atoms with Crippen molar-refractivity contribution in [3.63, 3.8) is 0 Å². The van der Waals surface area contributed by atoms with E-state index in [0.29, 0.717) is 37.4 Å². The molecule has 2 aliphatic heterocycles. The number of aliphatic imine (C=N–C) groups is 1. The number of nitrogens with zero attached hydrogens (tertiary/aromatic N) is 5. The Labute approximate surface area is 269 Å². The van der Waals surface area contributed by atoms with Crippen LogP contribution in [0.25, 0.3) is 11.0 Å². The van der Waals surface area contributed by atoms with E-state index in [1.807, 2.05) is 32.3 Å². The molecule has 3 fully saturated rings.